The molecule has 4 nitrogen and oxygen atoms in total. The van der Waals surface area contributed by atoms with E-state index >= 15 is 0 Å². The monoisotopic (exact) mass is 326 g/mol. The first kappa shape index (κ1) is 16.7. The van der Waals surface area contributed by atoms with Crippen molar-refractivity contribution in [2.45, 2.75) is 6.92 Å². The lowest BCUT2D eigenvalue weighted by molar-refractivity contribution is -0.115. The highest BCUT2D eigenvalue weighted by atomic mass is 32.1. The molecule has 2 rings (SSSR count). The summed E-state index contributed by atoms with van der Waals surface area (Å²) in [5.74, 6) is 0.487. The van der Waals surface area contributed by atoms with E-state index in [4.69, 9.17) is 17.0 Å². The van der Waals surface area contributed by atoms with Gasteiger partial charge in [-0.3, -0.25) is 10.1 Å². The summed E-state index contributed by atoms with van der Waals surface area (Å²) in [4.78, 5) is 11.9. The average molecular weight is 326 g/mol. The summed E-state index contributed by atoms with van der Waals surface area (Å²) in [5.41, 5.74) is 2.86. The number of hydrogen-bond donors (Lipinski definition) is 2. The summed E-state index contributed by atoms with van der Waals surface area (Å²) in [5, 5.41) is 5.85. The third-order valence-electron chi connectivity index (χ3n) is 3.06. The molecule has 2 aromatic carbocycles. The quantitative estimate of drug-likeness (QED) is 0.667. The summed E-state index contributed by atoms with van der Waals surface area (Å²) >= 11 is 5.13. The van der Waals surface area contributed by atoms with Crippen LogP contribution in [-0.2, 0) is 4.79 Å². The lowest BCUT2D eigenvalue weighted by Gasteiger charge is -2.08. The van der Waals surface area contributed by atoms with Gasteiger partial charge >= 0.3 is 0 Å². The highest BCUT2D eigenvalue weighted by molar-refractivity contribution is 7.80. The number of nitrogens with one attached hydrogen (secondary N) is 2. The van der Waals surface area contributed by atoms with E-state index in [1.54, 1.807) is 13.2 Å². The second kappa shape index (κ2) is 8.10. The molecule has 23 heavy (non-hydrogen) atoms. The minimum absolute atomic E-state index is 0.264. The molecule has 0 saturated heterocycles. The van der Waals surface area contributed by atoms with Crippen LogP contribution in [0.4, 0.5) is 5.69 Å². The molecule has 1 amide bonds. The van der Waals surface area contributed by atoms with Crippen LogP contribution in [-0.4, -0.2) is 18.1 Å². The van der Waals surface area contributed by atoms with Crippen LogP contribution in [0.1, 0.15) is 11.1 Å². The highest BCUT2D eigenvalue weighted by Gasteiger charge is 2.01. The Bertz CT molecular complexity index is 724. The first-order valence-corrected chi connectivity index (χ1v) is 7.48. The average Bonchev–Trinajstić information content (AvgIpc) is 2.53. The van der Waals surface area contributed by atoms with Gasteiger partial charge in [-0.2, -0.15) is 0 Å². The summed E-state index contributed by atoms with van der Waals surface area (Å²) in [6.07, 6.45) is 3.15. The molecule has 0 aromatic heterocycles. The Hall–Kier alpha value is -2.66. The van der Waals surface area contributed by atoms with Crippen molar-refractivity contribution in [3.63, 3.8) is 0 Å². The molecule has 0 aliphatic heterocycles. The van der Waals surface area contributed by atoms with Crippen LogP contribution in [0.25, 0.3) is 6.08 Å². The molecule has 0 bridgehead atoms. The predicted molar refractivity (Wildman–Crippen MR) is 97.6 cm³/mol. The fraction of sp³-hybridized carbons (Fsp3) is 0.111. The van der Waals surface area contributed by atoms with E-state index in [0.29, 0.717) is 0 Å². The smallest absolute Gasteiger partial charge is 0.250 e. The summed E-state index contributed by atoms with van der Waals surface area (Å²) in [6, 6.07) is 15.2. The summed E-state index contributed by atoms with van der Waals surface area (Å²) in [7, 11) is 1.61. The SMILES string of the molecule is COc1ccc(C=CC(=O)NC(=S)Nc2cccc(C)c2)cc1. The fourth-order valence-corrected chi connectivity index (χ4v) is 2.14. The molecule has 5 heteroatoms. The molecule has 0 spiro atoms. The van der Waals surface area contributed by atoms with Gasteiger partial charge in [-0.25, -0.2) is 0 Å². The lowest BCUT2D eigenvalue weighted by Crippen LogP contribution is -2.32. The van der Waals surface area contributed by atoms with E-state index < -0.39 is 0 Å². The van der Waals surface area contributed by atoms with Gasteiger partial charge in [0.1, 0.15) is 5.75 Å². The number of anilines is 1. The van der Waals surface area contributed by atoms with E-state index in [0.717, 1.165) is 22.6 Å². The van der Waals surface area contributed by atoms with Crippen molar-refractivity contribution in [3.8, 4) is 5.75 Å². The fourth-order valence-electron chi connectivity index (χ4n) is 1.93. The highest BCUT2D eigenvalue weighted by Crippen LogP contribution is 2.12. The van der Waals surface area contributed by atoms with Gasteiger partial charge in [0, 0.05) is 11.8 Å². The van der Waals surface area contributed by atoms with Gasteiger partial charge in [-0.1, -0.05) is 24.3 Å². The second-order valence-electron chi connectivity index (χ2n) is 4.92. The van der Waals surface area contributed by atoms with Gasteiger partial charge in [0.05, 0.1) is 7.11 Å². The van der Waals surface area contributed by atoms with Crippen LogP contribution in [0, 0.1) is 6.92 Å². The van der Waals surface area contributed by atoms with Crippen LogP contribution < -0.4 is 15.4 Å². The maximum atomic E-state index is 11.9. The van der Waals surface area contributed by atoms with Crippen molar-refractivity contribution in [1.29, 1.82) is 0 Å². The topological polar surface area (TPSA) is 50.4 Å². The lowest BCUT2D eigenvalue weighted by atomic mass is 10.2. The van der Waals surface area contributed by atoms with Crippen LogP contribution in [0.5, 0.6) is 5.75 Å². The number of hydrogen-bond acceptors (Lipinski definition) is 3. The number of amides is 1. The number of rotatable bonds is 4. The first-order valence-electron chi connectivity index (χ1n) is 7.07. The number of benzene rings is 2. The zero-order valence-electron chi connectivity index (χ0n) is 13.0. The molecular formula is C18H18N2O2S. The summed E-state index contributed by atoms with van der Waals surface area (Å²) < 4.78 is 5.08. The standard InChI is InChI=1S/C18H18N2O2S/c1-13-4-3-5-15(12-13)19-18(23)20-17(21)11-8-14-6-9-16(22-2)10-7-14/h3-12H,1-2H3,(H2,19,20,21,23). The molecule has 0 fully saturated rings. The van der Waals surface area contributed by atoms with Gasteiger partial charge in [-0.15, -0.1) is 0 Å². The van der Waals surface area contributed by atoms with E-state index in [2.05, 4.69) is 10.6 Å². The predicted octanol–water partition coefficient (Wildman–Crippen LogP) is 3.53. The van der Waals surface area contributed by atoms with Crippen molar-refractivity contribution in [2.75, 3.05) is 12.4 Å². The number of thiocarbonyl (C=S) groups is 1. The van der Waals surface area contributed by atoms with E-state index in [1.807, 2.05) is 55.5 Å². The van der Waals surface area contributed by atoms with Crippen molar-refractivity contribution in [3.05, 3.63) is 65.7 Å². The molecule has 0 heterocycles. The maximum Gasteiger partial charge on any atom is 0.250 e. The van der Waals surface area contributed by atoms with Gasteiger partial charge in [0.25, 0.3) is 0 Å². The van der Waals surface area contributed by atoms with Gasteiger partial charge < -0.3 is 10.1 Å². The molecule has 0 atom stereocenters. The largest absolute Gasteiger partial charge is 0.497 e. The van der Waals surface area contributed by atoms with Crippen LogP contribution in [0.2, 0.25) is 0 Å². The molecule has 0 aliphatic rings. The Kier molecular flexibility index (Phi) is 5.88. The van der Waals surface area contributed by atoms with Crippen LogP contribution in [0.3, 0.4) is 0 Å². The zero-order chi connectivity index (χ0) is 16.7. The summed E-state index contributed by atoms with van der Waals surface area (Å²) in [6.45, 7) is 1.99. The van der Waals surface area contributed by atoms with E-state index in [9.17, 15) is 4.79 Å². The maximum absolute atomic E-state index is 11.9. The molecule has 118 valence electrons. The molecule has 0 radical (unpaired) electrons. The molecule has 2 N–H and O–H groups in total. The first-order chi connectivity index (χ1) is 11.1. The van der Waals surface area contributed by atoms with Crippen molar-refractivity contribution in [1.82, 2.24) is 5.32 Å². The normalized spacial score (nSPS) is 10.3. The van der Waals surface area contributed by atoms with Crippen molar-refractivity contribution < 1.29 is 9.53 Å². The number of methoxy groups -OCH3 is 1. The number of carbonyl (C=O) groups is 1. The number of carbonyl (C=O) groups excluding carboxylic acids is 1. The van der Waals surface area contributed by atoms with Gasteiger partial charge in [-0.05, 0) is 60.6 Å². The molecule has 0 saturated carbocycles. The number of ether oxygens (including phenoxy) is 1. The van der Waals surface area contributed by atoms with Crippen LogP contribution >= 0.6 is 12.2 Å². The molecule has 0 unspecified atom stereocenters. The van der Waals surface area contributed by atoms with E-state index in [1.165, 1.54) is 6.08 Å². The molecule has 0 aliphatic carbocycles. The minimum atomic E-state index is -0.286. The number of aryl methyl sites for hydroxylation is 1. The zero-order valence-corrected chi connectivity index (χ0v) is 13.8. The Morgan fingerprint density at radius 2 is 1.91 bits per heavy atom. The Morgan fingerprint density at radius 3 is 2.57 bits per heavy atom. The van der Waals surface area contributed by atoms with Crippen molar-refractivity contribution >= 4 is 35.0 Å². The van der Waals surface area contributed by atoms with Crippen LogP contribution in [0.15, 0.2) is 54.6 Å². The van der Waals surface area contributed by atoms with Crippen molar-refractivity contribution in [2.24, 2.45) is 0 Å². The minimum Gasteiger partial charge on any atom is -0.497 e. The third kappa shape index (κ3) is 5.56. The van der Waals surface area contributed by atoms with E-state index in [-0.39, 0.29) is 11.0 Å². The molecule has 2 aromatic rings. The van der Waals surface area contributed by atoms with Gasteiger partial charge in [0.15, 0.2) is 5.11 Å². The Balaban J connectivity index is 1.88. The van der Waals surface area contributed by atoms with Gasteiger partial charge in [0.2, 0.25) is 5.91 Å². The Morgan fingerprint density at radius 1 is 1.17 bits per heavy atom. The molecular weight excluding hydrogens is 308 g/mol. The second-order valence-corrected chi connectivity index (χ2v) is 5.33. The third-order valence-corrected chi connectivity index (χ3v) is 3.26. The Labute approximate surface area is 141 Å².